The first kappa shape index (κ1) is 33.8. The molecule has 5 aromatic rings. The molecule has 0 N–H and O–H groups in total. The maximum atomic E-state index is 6.58. The molecular formula is C50H50N4O2. The number of para-hydroxylation sites is 4. The molecule has 5 aromatic carbocycles. The third-order valence-electron chi connectivity index (χ3n) is 13.3. The summed E-state index contributed by atoms with van der Waals surface area (Å²) in [6.45, 7) is 4.59. The fourth-order valence-corrected chi connectivity index (χ4v) is 10.4. The van der Waals surface area contributed by atoms with E-state index in [4.69, 9.17) is 9.47 Å². The predicted molar refractivity (Wildman–Crippen MR) is 232 cm³/mol. The van der Waals surface area contributed by atoms with E-state index in [9.17, 15) is 0 Å². The number of likely N-dealkylation sites (N-methyl/N-ethyl adjacent to an activating group) is 1. The number of likely N-dealkylation sites (tertiary alicyclic amines) is 1. The quantitative estimate of drug-likeness (QED) is 0.183. The van der Waals surface area contributed by atoms with Crippen molar-refractivity contribution < 1.29 is 9.47 Å². The Balaban J connectivity index is 1.16. The van der Waals surface area contributed by atoms with Crippen LogP contribution in [-0.2, 0) is 0 Å². The highest BCUT2D eigenvalue weighted by Crippen LogP contribution is 2.48. The Labute approximate surface area is 330 Å². The van der Waals surface area contributed by atoms with Crippen molar-refractivity contribution in [3.63, 3.8) is 0 Å². The van der Waals surface area contributed by atoms with Crippen LogP contribution in [0.2, 0.25) is 0 Å². The molecule has 56 heavy (non-hydrogen) atoms. The van der Waals surface area contributed by atoms with Crippen LogP contribution in [0.15, 0.2) is 102 Å². The fourth-order valence-electron chi connectivity index (χ4n) is 10.4. The van der Waals surface area contributed by atoms with Crippen LogP contribution >= 0.6 is 0 Å². The first-order valence-corrected chi connectivity index (χ1v) is 21.0. The Morgan fingerprint density at radius 3 is 2.11 bits per heavy atom. The molecule has 2 fully saturated rings. The molecule has 0 radical (unpaired) electrons. The molecule has 282 valence electrons. The van der Waals surface area contributed by atoms with Gasteiger partial charge in [0.1, 0.15) is 5.76 Å². The number of nitrogens with zero attached hydrogens (tertiary/aromatic N) is 4. The molecule has 6 heteroatoms. The van der Waals surface area contributed by atoms with Crippen LogP contribution < -0.4 is 34.6 Å². The zero-order chi connectivity index (χ0) is 37.3. The molecule has 2 aliphatic carbocycles. The number of benzene rings is 5. The summed E-state index contributed by atoms with van der Waals surface area (Å²) < 4.78 is 13.1. The summed E-state index contributed by atoms with van der Waals surface area (Å²) in [5.41, 5.74) is 11.2. The van der Waals surface area contributed by atoms with Crippen molar-refractivity contribution in [2.75, 3.05) is 55.0 Å². The standard InChI is InChI=1S/C50H50N4O2/c1-51-41-13-5-7-15-45(41)55-47-23-17-33(29-43(47)51)49-37-21-19-36(54-27-11-4-12-28-54)32-40(37)50(38-22-20-35(31-39(38)49)53-25-9-3-10-26-53)34-18-24-48-44(30-34)52(2)42-14-6-8-16-46(42)56-48/h5-8,13-17,20-23,29-32,36H,3-4,9-12,18-19,24-28H2,1-2H3. The molecule has 0 aromatic heterocycles. The average Bonchev–Trinajstić information content (AvgIpc) is 3.26. The monoisotopic (exact) mass is 738 g/mol. The molecular weight excluding hydrogens is 689 g/mol. The van der Waals surface area contributed by atoms with Gasteiger partial charge in [0.15, 0.2) is 17.2 Å². The van der Waals surface area contributed by atoms with Crippen LogP contribution in [0.5, 0.6) is 17.2 Å². The third kappa shape index (κ3) is 5.55. The molecule has 0 spiro atoms. The van der Waals surface area contributed by atoms with Crippen molar-refractivity contribution in [1.29, 1.82) is 0 Å². The van der Waals surface area contributed by atoms with E-state index in [1.807, 2.05) is 6.07 Å². The van der Waals surface area contributed by atoms with Gasteiger partial charge in [0, 0.05) is 45.3 Å². The number of hydrogen-bond donors (Lipinski definition) is 0. The van der Waals surface area contributed by atoms with Crippen molar-refractivity contribution in [1.82, 2.24) is 4.90 Å². The maximum Gasteiger partial charge on any atom is 0.151 e. The normalized spacial score (nSPS) is 20.4. The van der Waals surface area contributed by atoms with Crippen LogP contribution in [0.1, 0.15) is 63.4 Å². The van der Waals surface area contributed by atoms with Crippen LogP contribution in [-0.4, -0.2) is 51.2 Å². The number of anilines is 4. The smallest absolute Gasteiger partial charge is 0.151 e. The summed E-state index contributed by atoms with van der Waals surface area (Å²) in [5, 5.41) is 5.44. The van der Waals surface area contributed by atoms with Crippen molar-refractivity contribution in [2.24, 2.45) is 0 Å². The molecule has 0 bridgehead atoms. The van der Waals surface area contributed by atoms with Crippen LogP contribution in [0.3, 0.4) is 0 Å². The first-order chi connectivity index (χ1) is 27.6. The minimum absolute atomic E-state index is 0.394. The lowest BCUT2D eigenvalue weighted by atomic mass is 9.82. The molecule has 4 aliphatic heterocycles. The zero-order valence-corrected chi connectivity index (χ0v) is 32.7. The zero-order valence-electron chi connectivity index (χ0n) is 32.7. The Hall–Kier alpha value is -5.46. The molecule has 0 amide bonds. The van der Waals surface area contributed by atoms with Crippen LogP contribution in [0.4, 0.5) is 22.7 Å². The lowest BCUT2D eigenvalue weighted by Gasteiger charge is -2.35. The molecule has 4 heterocycles. The molecule has 6 nitrogen and oxygen atoms in total. The summed E-state index contributed by atoms with van der Waals surface area (Å²) in [7, 11) is 4.36. The van der Waals surface area contributed by atoms with Gasteiger partial charge in [-0.1, -0.05) is 55.0 Å². The predicted octanol–water partition coefficient (Wildman–Crippen LogP) is 10.1. The molecule has 2 saturated heterocycles. The van der Waals surface area contributed by atoms with E-state index >= 15 is 0 Å². The van der Waals surface area contributed by atoms with Crippen LogP contribution in [0.25, 0.3) is 39.6 Å². The second-order valence-corrected chi connectivity index (χ2v) is 16.5. The van der Waals surface area contributed by atoms with Crippen molar-refractivity contribution in [3.05, 3.63) is 118 Å². The average molecular weight is 739 g/mol. The van der Waals surface area contributed by atoms with E-state index in [1.54, 1.807) is 0 Å². The maximum absolute atomic E-state index is 6.58. The van der Waals surface area contributed by atoms with Gasteiger partial charge in [-0.2, -0.15) is 0 Å². The lowest BCUT2D eigenvalue weighted by Crippen LogP contribution is -2.44. The second-order valence-electron chi connectivity index (χ2n) is 16.5. The highest BCUT2D eigenvalue weighted by Gasteiger charge is 2.30. The Morgan fingerprint density at radius 2 is 1.30 bits per heavy atom. The minimum Gasteiger partial charge on any atom is -0.457 e. The third-order valence-corrected chi connectivity index (χ3v) is 13.3. The van der Waals surface area contributed by atoms with Gasteiger partial charge in [-0.15, -0.1) is 0 Å². The number of ether oxygens (including phenoxy) is 2. The lowest BCUT2D eigenvalue weighted by molar-refractivity contribution is 0.201. The number of rotatable bonds is 4. The van der Waals surface area contributed by atoms with E-state index in [0.29, 0.717) is 6.04 Å². The van der Waals surface area contributed by atoms with Crippen molar-refractivity contribution in [2.45, 2.75) is 63.8 Å². The Bertz CT molecular complexity index is 2590. The van der Waals surface area contributed by atoms with Crippen molar-refractivity contribution in [3.8, 4) is 28.4 Å². The van der Waals surface area contributed by atoms with Gasteiger partial charge in [0.05, 0.1) is 22.8 Å². The second kappa shape index (κ2) is 13.6. The van der Waals surface area contributed by atoms with E-state index in [0.717, 1.165) is 72.4 Å². The van der Waals surface area contributed by atoms with Gasteiger partial charge in [0.25, 0.3) is 0 Å². The summed E-state index contributed by atoms with van der Waals surface area (Å²) >= 11 is 0. The topological polar surface area (TPSA) is 31.4 Å². The van der Waals surface area contributed by atoms with Crippen molar-refractivity contribution >= 4 is 51.2 Å². The largest absolute Gasteiger partial charge is 0.457 e. The van der Waals surface area contributed by atoms with E-state index in [-0.39, 0.29) is 0 Å². The Kier molecular flexibility index (Phi) is 8.24. The van der Waals surface area contributed by atoms with E-state index in [1.165, 1.54) is 106 Å². The highest BCUT2D eigenvalue weighted by molar-refractivity contribution is 6.06. The number of hydrogen-bond acceptors (Lipinski definition) is 6. The van der Waals surface area contributed by atoms with Crippen LogP contribution in [0, 0.1) is 0 Å². The minimum atomic E-state index is 0.394. The fraction of sp³-hybridized carbons (Fsp3) is 0.320. The van der Waals surface area contributed by atoms with Gasteiger partial charge in [-0.3, -0.25) is 4.90 Å². The molecule has 11 rings (SSSR count). The van der Waals surface area contributed by atoms with Gasteiger partial charge >= 0.3 is 0 Å². The first-order valence-electron chi connectivity index (χ1n) is 21.0. The van der Waals surface area contributed by atoms with E-state index < -0.39 is 0 Å². The number of allylic oxidation sites excluding steroid dienone is 3. The number of piperidine rings is 2. The van der Waals surface area contributed by atoms with E-state index in [2.05, 4.69) is 131 Å². The molecule has 1 atom stereocenters. The molecule has 1 unspecified atom stereocenters. The van der Waals surface area contributed by atoms with Gasteiger partial charge in [-0.25, -0.2) is 0 Å². The highest BCUT2D eigenvalue weighted by atomic mass is 16.5. The van der Waals surface area contributed by atoms with Gasteiger partial charge in [0.2, 0.25) is 0 Å². The van der Waals surface area contributed by atoms with Gasteiger partial charge in [-0.05, 0) is 156 Å². The Morgan fingerprint density at radius 1 is 0.589 bits per heavy atom. The molecule has 6 aliphatic rings. The summed E-state index contributed by atoms with van der Waals surface area (Å²) in [6.07, 6.45) is 18.3. The SMILES string of the molecule is CN1C2=C(CCC(c3c4c(c(-c5ccc6c(c5)N(C)c5ccccc5O6)c5cc(N6CCCCC6)ccc35)=CCC(N3CCCCC3)C=4)=C2)Oc2ccccc21. The summed E-state index contributed by atoms with van der Waals surface area (Å²) in [6, 6.07) is 31.4. The summed E-state index contributed by atoms with van der Waals surface area (Å²) in [4.78, 5) is 9.98. The molecule has 0 saturated carbocycles. The van der Waals surface area contributed by atoms with Gasteiger partial charge < -0.3 is 24.2 Å². The number of fused-ring (bicyclic) bond motifs is 5. The summed E-state index contributed by atoms with van der Waals surface area (Å²) in [5.74, 6) is 3.81.